The number of halogens is 1. The zero-order valence-corrected chi connectivity index (χ0v) is 19.4. The van der Waals surface area contributed by atoms with Crippen molar-refractivity contribution in [3.05, 3.63) is 53.8 Å². The average Bonchev–Trinajstić information content (AvgIpc) is 2.87. The van der Waals surface area contributed by atoms with Crippen LogP contribution in [0.1, 0.15) is 17.7 Å². The van der Waals surface area contributed by atoms with Crippen LogP contribution in [0.4, 0.5) is 14.9 Å². The molecule has 0 bridgehead atoms. The van der Waals surface area contributed by atoms with Crippen molar-refractivity contribution in [2.24, 2.45) is 0 Å². The molecule has 0 spiro atoms. The molecule has 1 amide bonds. The van der Waals surface area contributed by atoms with E-state index in [0.29, 0.717) is 29.4 Å². The third-order valence-electron chi connectivity index (χ3n) is 4.95. The van der Waals surface area contributed by atoms with Gasteiger partial charge in [-0.25, -0.2) is 9.18 Å². The van der Waals surface area contributed by atoms with Gasteiger partial charge in [0.25, 0.3) is 5.91 Å². The Morgan fingerprint density at radius 3 is 2.53 bits per heavy atom. The van der Waals surface area contributed by atoms with E-state index < -0.39 is 29.2 Å². The topological polar surface area (TPSA) is 68.3 Å². The number of carbonyl (C=O) groups is 2. The van der Waals surface area contributed by atoms with E-state index in [0.717, 1.165) is 5.56 Å². The normalized spacial score (nSPS) is 18.2. The Morgan fingerprint density at radius 2 is 1.91 bits per heavy atom. The summed E-state index contributed by atoms with van der Waals surface area (Å²) in [7, 11) is 5.36. The molecule has 1 aliphatic rings. The molecule has 7 nitrogen and oxygen atoms in total. The number of hydrogen-bond acceptors (Lipinski definition) is 7. The molecule has 2 atom stereocenters. The van der Waals surface area contributed by atoms with E-state index in [1.807, 2.05) is 19.0 Å². The first-order valence-corrected chi connectivity index (χ1v) is 11.1. The predicted molar refractivity (Wildman–Crippen MR) is 121 cm³/mol. The summed E-state index contributed by atoms with van der Waals surface area (Å²) in [6.07, 6.45) is -2.08. The number of thioether (sulfide) groups is 1. The molecule has 0 N–H and O–H groups in total. The summed E-state index contributed by atoms with van der Waals surface area (Å²) in [5, 5.41) is -0.609. The van der Waals surface area contributed by atoms with E-state index in [-0.39, 0.29) is 6.61 Å². The highest BCUT2D eigenvalue weighted by Crippen LogP contribution is 2.47. The minimum Gasteiger partial charge on any atom is -0.497 e. The summed E-state index contributed by atoms with van der Waals surface area (Å²) in [5.41, 5.74) is 1.32. The summed E-state index contributed by atoms with van der Waals surface area (Å²) in [4.78, 5) is 30.0. The summed E-state index contributed by atoms with van der Waals surface area (Å²) < 4.78 is 29.9. The highest BCUT2D eigenvalue weighted by molar-refractivity contribution is 7.99. The van der Waals surface area contributed by atoms with Gasteiger partial charge in [0, 0.05) is 18.0 Å². The third-order valence-corrected chi connectivity index (χ3v) is 6.31. The second kappa shape index (κ2) is 10.7. The number of anilines is 1. The maximum atomic E-state index is 14.2. The molecule has 0 radical (unpaired) electrons. The van der Waals surface area contributed by atoms with Gasteiger partial charge in [0.2, 0.25) is 6.10 Å². The molecule has 0 aromatic heterocycles. The van der Waals surface area contributed by atoms with Gasteiger partial charge in [-0.1, -0.05) is 12.1 Å². The lowest BCUT2D eigenvalue weighted by Gasteiger charge is -2.28. The monoisotopic (exact) mass is 462 g/mol. The first-order chi connectivity index (χ1) is 15.3. The zero-order chi connectivity index (χ0) is 23.3. The second-order valence-corrected chi connectivity index (χ2v) is 8.62. The number of amides is 1. The van der Waals surface area contributed by atoms with Gasteiger partial charge in [-0.15, -0.1) is 11.8 Å². The summed E-state index contributed by atoms with van der Waals surface area (Å²) in [5.74, 6) is -0.145. The van der Waals surface area contributed by atoms with Crippen LogP contribution in [0, 0.1) is 5.82 Å². The van der Waals surface area contributed by atoms with E-state index in [9.17, 15) is 14.0 Å². The molecule has 32 heavy (non-hydrogen) atoms. The van der Waals surface area contributed by atoms with Crippen molar-refractivity contribution in [2.45, 2.75) is 23.2 Å². The van der Waals surface area contributed by atoms with E-state index >= 15 is 0 Å². The minimum atomic E-state index is -1.16. The molecule has 3 rings (SSSR count). The first-order valence-electron chi connectivity index (χ1n) is 10.2. The summed E-state index contributed by atoms with van der Waals surface area (Å²) in [6, 6.07) is 11.5. The van der Waals surface area contributed by atoms with Gasteiger partial charge in [0.05, 0.1) is 24.7 Å². The Kier molecular flexibility index (Phi) is 7.98. The molecular weight excluding hydrogens is 435 g/mol. The van der Waals surface area contributed by atoms with Crippen molar-refractivity contribution in [1.82, 2.24) is 4.90 Å². The predicted octanol–water partition coefficient (Wildman–Crippen LogP) is 4.12. The molecule has 1 unspecified atom stereocenters. The van der Waals surface area contributed by atoms with Crippen LogP contribution in [0.5, 0.6) is 5.75 Å². The quantitative estimate of drug-likeness (QED) is 0.574. The van der Waals surface area contributed by atoms with Gasteiger partial charge < -0.3 is 24.0 Å². The minimum absolute atomic E-state index is 0.121. The molecule has 2 aromatic carbocycles. The molecule has 1 heterocycles. The molecule has 0 saturated carbocycles. The number of fused-ring (bicyclic) bond motifs is 1. The number of ether oxygens (including phenoxy) is 3. The van der Waals surface area contributed by atoms with E-state index in [4.69, 9.17) is 14.2 Å². The number of methoxy groups -OCH3 is 1. The van der Waals surface area contributed by atoms with Crippen LogP contribution in [0.2, 0.25) is 0 Å². The summed E-state index contributed by atoms with van der Waals surface area (Å²) in [6.45, 7) is 2.71. The van der Waals surface area contributed by atoms with Crippen LogP contribution in [0.3, 0.4) is 0 Å². The molecule has 172 valence electrons. The van der Waals surface area contributed by atoms with Crippen molar-refractivity contribution < 1.29 is 28.2 Å². The van der Waals surface area contributed by atoms with Crippen molar-refractivity contribution in [2.75, 3.05) is 45.8 Å². The highest BCUT2D eigenvalue weighted by Gasteiger charge is 2.41. The van der Waals surface area contributed by atoms with Crippen LogP contribution in [-0.4, -0.2) is 64.0 Å². The third kappa shape index (κ3) is 5.52. The Bertz CT molecular complexity index is 954. The smallest absolute Gasteiger partial charge is 0.497 e. The number of carbonyl (C=O) groups excluding carboxylic acids is 2. The van der Waals surface area contributed by atoms with Gasteiger partial charge in [-0.2, -0.15) is 0 Å². The van der Waals surface area contributed by atoms with Crippen LogP contribution in [0.25, 0.3) is 0 Å². The molecule has 1 aliphatic heterocycles. The Labute approximate surface area is 191 Å². The molecule has 0 aliphatic carbocycles. The van der Waals surface area contributed by atoms with Gasteiger partial charge in [-0.3, -0.25) is 4.79 Å². The van der Waals surface area contributed by atoms with E-state index in [1.54, 1.807) is 49.3 Å². The van der Waals surface area contributed by atoms with Crippen LogP contribution in [0.15, 0.2) is 47.4 Å². The first kappa shape index (κ1) is 23.9. The van der Waals surface area contributed by atoms with Crippen LogP contribution < -0.4 is 9.64 Å². The summed E-state index contributed by atoms with van der Waals surface area (Å²) >= 11 is 1.28. The number of rotatable bonds is 7. The highest BCUT2D eigenvalue weighted by atomic mass is 32.2. The van der Waals surface area contributed by atoms with Gasteiger partial charge >= 0.3 is 6.16 Å². The second-order valence-electron chi connectivity index (χ2n) is 7.44. The van der Waals surface area contributed by atoms with Crippen LogP contribution >= 0.6 is 11.8 Å². The molecule has 9 heteroatoms. The fourth-order valence-electron chi connectivity index (χ4n) is 3.34. The van der Waals surface area contributed by atoms with Gasteiger partial charge in [0.15, 0.2) is 0 Å². The standard InChI is InChI=1S/C23H27FN2O5S/c1-5-30-23(28)31-20-21(15-6-9-17(29-4)10-7-15)32-19-14-16(24)8-11-18(19)26(22(20)27)13-12-25(2)3/h6-11,14,20-21H,5,12-13H2,1-4H3/t20?,21-/m0/s1. The number of hydrogen-bond donors (Lipinski definition) is 0. The zero-order valence-electron chi connectivity index (χ0n) is 18.5. The number of benzene rings is 2. The molecule has 2 aromatic rings. The number of nitrogens with zero attached hydrogens (tertiary/aromatic N) is 2. The maximum absolute atomic E-state index is 14.2. The fraction of sp³-hybridized carbons (Fsp3) is 0.391. The van der Waals surface area contributed by atoms with Crippen molar-refractivity contribution in [3.8, 4) is 5.75 Å². The lowest BCUT2D eigenvalue weighted by atomic mass is 10.1. The SMILES string of the molecule is CCOC(=O)OC1C(=O)N(CCN(C)C)c2ccc(F)cc2S[C@H]1c1ccc(OC)cc1. The fourth-order valence-corrected chi connectivity index (χ4v) is 4.68. The van der Waals surface area contributed by atoms with E-state index in [2.05, 4.69) is 0 Å². The maximum Gasteiger partial charge on any atom is 0.509 e. The molecule has 0 saturated heterocycles. The van der Waals surface area contributed by atoms with Crippen LogP contribution in [-0.2, 0) is 14.3 Å². The van der Waals surface area contributed by atoms with Gasteiger partial charge in [-0.05, 0) is 56.9 Å². The Balaban J connectivity index is 2.08. The Morgan fingerprint density at radius 1 is 1.19 bits per heavy atom. The lowest BCUT2D eigenvalue weighted by molar-refractivity contribution is -0.128. The largest absolute Gasteiger partial charge is 0.509 e. The van der Waals surface area contributed by atoms with Crippen molar-refractivity contribution in [3.63, 3.8) is 0 Å². The van der Waals surface area contributed by atoms with Crippen molar-refractivity contribution >= 4 is 29.5 Å². The lowest BCUT2D eigenvalue weighted by Crippen LogP contribution is -2.45. The number of likely N-dealkylation sites (N-methyl/N-ethyl adjacent to an activating group) is 1. The molecule has 0 fully saturated rings. The Hall–Kier alpha value is -2.78. The van der Waals surface area contributed by atoms with E-state index in [1.165, 1.54) is 23.9 Å². The average molecular weight is 463 g/mol. The van der Waals surface area contributed by atoms with Crippen molar-refractivity contribution in [1.29, 1.82) is 0 Å². The van der Waals surface area contributed by atoms with Gasteiger partial charge in [0.1, 0.15) is 11.6 Å². The molecular formula is C23H27FN2O5S.